The summed E-state index contributed by atoms with van der Waals surface area (Å²) in [6.07, 6.45) is 0. The van der Waals surface area contributed by atoms with Gasteiger partial charge in [0.2, 0.25) is 8.32 Å². The lowest BCUT2D eigenvalue weighted by molar-refractivity contribution is 0.279. The van der Waals surface area contributed by atoms with Crippen LogP contribution in [0.15, 0.2) is 36.4 Å². The monoisotopic (exact) mass is 288 g/mol. The number of hydrogen-bond acceptors (Lipinski definition) is 2. The van der Waals surface area contributed by atoms with E-state index in [2.05, 4.69) is 46.0 Å². The Bertz CT molecular complexity index is 612. The molecule has 3 heteroatoms. The largest absolute Gasteiger partial charge is 0.543 e. The van der Waals surface area contributed by atoms with E-state index < -0.39 is 8.32 Å². The summed E-state index contributed by atoms with van der Waals surface area (Å²) in [5, 5.41) is 12.1. The van der Waals surface area contributed by atoms with E-state index in [1.54, 1.807) is 0 Å². The third kappa shape index (κ3) is 2.74. The van der Waals surface area contributed by atoms with Gasteiger partial charge in [0.05, 0.1) is 6.61 Å². The van der Waals surface area contributed by atoms with Crippen LogP contribution in [0.25, 0.3) is 10.8 Å². The first kappa shape index (κ1) is 15.1. The quantitative estimate of drug-likeness (QED) is 0.828. The van der Waals surface area contributed by atoms with Crippen LogP contribution in [0.1, 0.15) is 26.3 Å². The molecule has 0 aliphatic rings. The van der Waals surface area contributed by atoms with Crippen molar-refractivity contribution < 1.29 is 9.53 Å². The van der Waals surface area contributed by atoms with Gasteiger partial charge in [0.25, 0.3) is 0 Å². The molecule has 0 fully saturated rings. The summed E-state index contributed by atoms with van der Waals surface area (Å²) < 4.78 is 6.38. The van der Waals surface area contributed by atoms with Crippen molar-refractivity contribution in [2.75, 3.05) is 0 Å². The Morgan fingerprint density at radius 3 is 2.30 bits per heavy atom. The molecule has 0 radical (unpaired) electrons. The molecule has 0 bridgehead atoms. The van der Waals surface area contributed by atoms with E-state index in [0.29, 0.717) is 0 Å². The molecule has 0 unspecified atom stereocenters. The number of fused-ring (bicyclic) bond motifs is 1. The van der Waals surface area contributed by atoms with Gasteiger partial charge in [-0.2, -0.15) is 0 Å². The van der Waals surface area contributed by atoms with Gasteiger partial charge < -0.3 is 9.53 Å². The van der Waals surface area contributed by atoms with Gasteiger partial charge in [0, 0.05) is 5.56 Å². The molecule has 0 amide bonds. The minimum atomic E-state index is -1.89. The first-order valence-corrected chi connectivity index (χ1v) is 9.97. The molecule has 2 rings (SSSR count). The number of benzene rings is 2. The van der Waals surface area contributed by atoms with Gasteiger partial charge in [0.1, 0.15) is 5.75 Å². The summed E-state index contributed by atoms with van der Waals surface area (Å²) in [6, 6.07) is 12.2. The highest BCUT2D eigenvalue weighted by Crippen LogP contribution is 2.39. The fraction of sp³-hybridized carbons (Fsp3) is 0.412. The van der Waals surface area contributed by atoms with Crippen LogP contribution in [0.2, 0.25) is 18.1 Å². The summed E-state index contributed by atoms with van der Waals surface area (Å²) in [5.41, 5.74) is 0.896. The second-order valence-corrected chi connectivity index (χ2v) is 11.5. The predicted octanol–water partition coefficient (Wildman–Crippen LogP) is 4.72. The Morgan fingerprint density at radius 2 is 1.70 bits per heavy atom. The minimum Gasteiger partial charge on any atom is -0.543 e. The zero-order chi connectivity index (χ0) is 15.0. The van der Waals surface area contributed by atoms with E-state index in [4.69, 9.17) is 4.43 Å². The van der Waals surface area contributed by atoms with Crippen LogP contribution in [-0.4, -0.2) is 13.4 Å². The molecule has 0 aromatic heterocycles. The molecule has 1 N–H and O–H groups in total. The van der Waals surface area contributed by atoms with Crippen LogP contribution in [0.3, 0.4) is 0 Å². The SMILES string of the molecule is CC(C)(C)[Si](C)(C)Oc1ccc2ccccc2c1CO. The van der Waals surface area contributed by atoms with E-state index in [0.717, 1.165) is 22.1 Å². The van der Waals surface area contributed by atoms with Gasteiger partial charge in [-0.1, -0.05) is 51.1 Å². The van der Waals surface area contributed by atoms with E-state index in [1.165, 1.54) is 0 Å². The van der Waals surface area contributed by atoms with Gasteiger partial charge in [-0.3, -0.25) is 0 Å². The molecule has 2 aromatic carbocycles. The van der Waals surface area contributed by atoms with Crippen LogP contribution >= 0.6 is 0 Å². The first-order chi connectivity index (χ1) is 9.26. The zero-order valence-electron chi connectivity index (χ0n) is 13.0. The third-order valence-electron chi connectivity index (χ3n) is 4.33. The molecule has 108 valence electrons. The van der Waals surface area contributed by atoms with Crippen LogP contribution in [0, 0.1) is 0 Å². The highest BCUT2D eigenvalue weighted by molar-refractivity contribution is 6.74. The topological polar surface area (TPSA) is 29.5 Å². The summed E-state index contributed by atoms with van der Waals surface area (Å²) in [6.45, 7) is 11.1. The van der Waals surface area contributed by atoms with E-state index >= 15 is 0 Å². The molecule has 0 saturated heterocycles. The molecule has 2 nitrogen and oxygen atoms in total. The van der Waals surface area contributed by atoms with Crippen molar-refractivity contribution in [1.82, 2.24) is 0 Å². The fourth-order valence-corrected chi connectivity index (χ4v) is 3.05. The van der Waals surface area contributed by atoms with Crippen molar-refractivity contribution in [3.05, 3.63) is 42.0 Å². The molecule has 0 aliphatic heterocycles. The molecule has 0 saturated carbocycles. The predicted molar refractivity (Wildman–Crippen MR) is 87.7 cm³/mol. The normalized spacial score (nSPS) is 12.7. The van der Waals surface area contributed by atoms with Crippen LogP contribution in [-0.2, 0) is 6.61 Å². The molecule has 0 heterocycles. The smallest absolute Gasteiger partial charge is 0.250 e. The third-order valence-corrected chi connectivity index (χ3v) is 8.67. The average molecular weight is 288 g/mol. The van der Waals surface area contributed by atoms with E-state index in [-0.39, 0.29) is 11.6 Å². The highest BCUT2D eigenvalue weighted by Gasteiger charge is 2.39. The lowest BCUT2D eigenvalue weighted by atomic mass is 10.0. The Morgan fingerprint density at radius 1 is 1.05 bits per heavy atom. The summed E-state index contributed by atoms with van der Waals surface area (Å²) >= 11 is 0. The second-order valence-electron chi connectivity index (χ2n) is 6.78. The highest BCUT2D eigenvalue weighted by atomic mass is 28.4. The number of aliphatic hydroxyl groups is 1. The van der Waals surface area contributed by atoms with Gasteiger partial charge in [-0.25, -0.2) is 0 Å². The van der Waals surface area contributed by atoms with Gasteiger partial charge in [-0.05, 0) is 35.0 Å². The molecule has 0 aliphatic carbocycles. The molecule has 0 atom stereocenters. The second kappa shape index (κ2) is 5.22. The first-order valence-electron chi connectivity index (χ1n) is 7.07. The number of rotatable bonds is 3. The standard InChI is InChI=1S/C17H24O2Si/c1-17(2,3)20(4,5)19-16-11-10-13-8-6-7-9-14(13)15(16)12-18/h6-11,18H,12H2,1-5H3. The van der Waals surface area contributed by atoms with Crippen molar-refractivity contribution in [3.8, 4) is 5.75 Å². The summed E-state index contributed by atoms with van der Waals surface area (Å²) in [7, 11) is -1.89. The Balaban J connectivity index is 2.50. The van der Waals surface area contributed by atoms with Crippen molar-refractivity contribution in [2.45, 2.75) is 45.5 Å². The van der Waals surface area contributed by atoms with Crippen LogP contribution in [0.5, 0.6) is 5.75 Å². The van der Waals surface area contributed by atoms with Crippen molar-refractivity contribution in [3.63, 3.8) is 0 Å². The molecular formula is C17H24O2Si. The van der Waals surface area contributed by atoms with E-state index in [9.17, 15) is 5.11 Å². The summed E-state index contributed by atoms with van der Waals surface area (Å²) in [5.74, 6) is 0.831. The molecule has 0 spiro atoms. The average Bonchev–Trinajstić information content (AvgIpc) is 2.36. The summed E-state index contributed by atoms with van der Waals surface area (Å²) in [4.78, 5) is 0. The minimum absolute atomic E-state index is 0.00527. The van der Waals surface area contributed by atoms with Crippen molar-refractivity contribution >= 4 is 19.1 Å². The zero-order valence-corrected chi connectivity index (χ0v) is 14.0. The van der Waals surface area contributed by atoms with Gasteiger partial charge in [-0.15, -0.1) is 0 Å². The van der Waals surface area contributed by atoms with Crippen molar-refractivity contribution in [2.24, 2.45) is 0 Å². The Kier molecular flexibility index (Phi) is 3.94. The molecule has 2 aromatic rings. The van der Waals surface area contributed by atoms with Crippen LogP contribution in [0.4, 0.5) is 0 Å². The Labute approximate surface area is 122 Å². The number of hydrogen-bond donors (Lipinski definition) is 1. The van der Waals surface area contributed by atoms with Gasteiger partial charge >= 0.3 is 0 Å². The van der Waals surface area contributed by atoms with Gasteiger partial charge in [0.15, 0.2) is 0 Å². The number of aliphatic hydroxyl groups excluding tert-OH is 1. The maximum Gasteiger partial charge on any atom is 0.250 e. The maximum atomic E-state index is 9.75. The maximum absolute atomic E-state index is 9.75. The lowest BCUT2D eigenvalue weighted by Crippen LogP contribution is -2.44. The molecule has 20 heavy (non-hydrogen) atoms. The van der Waals surface area contributed by atoms with Crippen LogP contribution < -0.4 is 4.43 Å². The fourth-order valence-electron chi connectivity index (χ4n) is 2.00. The van der Waals surface area contributed by atoms with Crippen molar-refractivity contribution in [1.29, 1.82) is 0 Å². The lowest BCUT2D eigenvalue weighted by Gasteiger charge is -2.37. The molecular weight excluding hydrogens is 264 g/mol. The van der Waals surface area contributed by atoms with E-state index in [1.807, 2.05) is 24.3 Å². The Hall–Kier alpha value is -1.32.